The molecule has 1 N–H and O–H groups in total. The highest BCUT2D eigenvalue weighted by molar-refractivity contribution is 5.68. The third-order valence-electron chi connectivity index (χ3n) is 6.12. The van der Waals surface area contributed by atoms with E-state index in [0.717, 1.165) is 31.8 Å². The van der Waals surface area contributed by atoms with Crippen molar-refractivity contribution in [3.63, 3.8) is 0 Å². The fourth-order valence-corrected chi connectivity index (χ4v) is 4.31. The number of hydrogen-bond acceptors (Lipinski definition) is 3. The van der Waals surface area contributed by atoms with Crippen LogP contribution in [0.15, 0.2) is 48.5 Å². The Morgan fingerprint density at radius 3 is 2.29 bits per heavy atom. The zero-order valence-corrected chi connectivity index (χ0v) is 16.7. The molecule has 1 unspecified atom stereocenters. The van der Waals surface area contributed by atoms with Crippen molar-refractivity contribution in [1.82, 2.24) is 10.2 Å². The maximum absolute atomic E-state index is 11.3. The van der Waals surface area contributed by atoms with Crippen LogP contribution in [0.1, 0.15) is 37.3 Å². The van der Waals surface area contributed by atoms with Crippen LogP contribution in [0.25, 0.3) is 11.1 Å². The summed E-state index contributed by atoms with van der Waals surface area (Å²) in [5, 5.41) is 2.89. The monoisotopic (exact) mass is 378 g/mol. The number of carbonyl (C=O) groups excluding carboxylic acids is 1. The Morgan fingerprint density at radius 1 is 1.00 bits per heavy atom. The smallest absolute Gasteiger partial charge is 0.407 e. The molecule has 2 aromatic carbocycles. The van der Waals surface area contributed by atoms with Crippen molar-refractivity contribution in [2.45, 2.75) is 51.1 Å². The number of hydrogen-bond donors (Lipinski definition) is 1. The standard InChI is InChI=1S/C24H30N2O2/c1-18-3-2-14-26(18)15-12-19-4-8-21(9-5-19)22-10-6-20(7-11-22)17-23-13-16-28-24(27)25-23/h4-11,18,23H,2-3,12-17H2,1H3,(H,25,27)/t18-,23?/m1/s1. The molecule has 2 aliphatic heterocycles. The largest absolute Gasteiger partial charge is 0.449 e. The average molecular weight is 379 g/mol. The Bertz CT molecular complexity index is 785. The number of carbonyl (C=O) groups is 1. The van der Waals surface area contributed by atoms with E-state index in [9.17, 15) is 4.79 Å². The van der Waals surface area contributed by atoms with E-state index in [1.165, 1.54) is 41.6 Å². The summed E-state index contributed by atoms with van der Waals surface area (Å²) in [5.41, 5.74) is 5.14. The van der Waals surface area contributed by atoms with Crippen LogP contribution in [-0.2, 0) is 17.6 Å². The summed E-state index contributed by atoms with van der Waals surface area (Å²) in [6, 6.07) is 18.6. The van der Waals surface area contributed by atoms with Crippen LogP contribution in [0.5, 0.6) is 0 Å². The van der Waals surface area contributed by atoms with Gasteiger partial charge in [0, 0.05) is 25.0 Å². The highest BCUT2D eigenvalue weighted by Gasteiger charge is 2.20. The normalized spacial score (nSPS) is 22.7. The number of nitrogens with one attached hydrogen (secondary N) is 1. The Balaban J connectivity index is 1.33. The minimum absolute atomic E-state index is 0.171. The first-order chi connectivity index (χ1) is 13.7. The zero-order chi connectivity index (χ0) is 19.3. The molecule has 0 radical (unpaired) electrons. The van der Waals surface area contributed by atoms with Crippen LogP contribution < -0.4 is 5.32 Å². The minimum Gasteiger partial charge on any atom is -0.449 e. The van der Waals surface area contributed by atoms with Gasteiger partial charge in [0.15, 0.2) is 0 Å². The third-order valence-corrected chi connectivity index (χ3v) is 6.12. The second-order valence-electron chi connectivity index (χ2n) is 8.14. The Kier molecular flexibility index (Phi) is 5.96. The summed E-state index contributed by atoms with van der Waals surface area (Å²) in [5.74, 6) is 0. The number of benzene rings is 2. The summed E-state index contributed by atoms with van der Waals surface area (Å²) in [4.78, 5) is 13.9. The molecule has 2 heterocycles. The molecule has 0 bridgehead atoms. The molecular weight excluding hydrogens is 348 g/mol. The van der Waals surface area contributed by atoms with Crippen molar-refractivity contribution in [2.75, 3.05) is 19.7 Å². The van der Waals surface area contributed by atoms with Crippen LogP contribution in [-0.4, -0.2) is 42.8 Å². The topological polar surface area (TPSA) is 41.6 Å². The van der Waals surface area contributed by atoms with Gasteiger partial charge in [0.25, 0.3) is 0 Å². The quantitative estimate of drug-likeness (QED) is 0.809. The van der Waals surface area contributed by atoms with Gasteiger partial charge in [-0.25, -0.2) is 4.79 Å². The summed E-state index contributed by atoms with van der Waals surface area (Å²) >= 11 is 0. The molecule has 1 amide bonds. The maximum atomic E-state index is 11.3. The lowest BCUT2D eigenvalue weighted by Gasteiger charge is -2.23. The van der Waals surface area contributed by atoms with Crippen molar-refractivity contribution >= 4 is 6.09 Å². The molecule has 2 aliphatic rings. The summed E-state index contributed by atoms with van der Waals surface area (Å²) in [6.45, 7) is 5.27. The van der Waals surface area contributed by atoms with E-state index in [1.54, 1.807) is 0 Å². The van der Waals surface area contributed by atoms with Gasteiger partial charge in [-0.05, 0) is 61.4 Å². The SMILES string of the molecule is C[C@@H]1CCCN1CCc1ccc(-c2ccc(CC3CCOC(=O)N3)cc2)cc1. The highest BCUT2D eigenvalue weighted by atomic mass is 16.5. The van der Waals surface area contributed by atoms with Crippen LogP contribution in [0.3, 0.4) is 0 Å². The first-order valence-corrected chi connectivity index (χ1v) is 10.5. The first-order valence-electron chi connectivity index (χ1n) is 10.5. The third kappa shape index (κ3) is 4.74. The van der Waals surface area contributed by atoms with Gasteiger partial charge in [0.2, 0.25) is 0 Å². The molecule has 0 saturated carbocycles. The first kappa shape index (κ1) is 19.0. The molecular formula is C24H30N2O2. The second kappa shape index (κ2) is 8.78. The number of rotatable bonds is 6. The molecule has 2 atom stereocenters. The maximum Gasteiger partial charge on any atom is 0.407 e. The number of likely N-dealkylation sites (tertiary alicyclic amines) is 1. The Hall–Kier alpha value is -2.33. The Labute approximate surface area is 167 Å². The van der Waals surface area contributed by atoms with Gasteiger partial charge >= 0.3 is 6.09 Å². The molecule has 0 spiro atoms. The molecule has 4 nitrogen and oxygen atoms in total. The molecule has 2 saturated heterocycles. The number of alkyl carbamates (subject to hydrolysis) is 1. The van der Waals surface area contributed by atoms with E-state index < -0.39 is 0 Å². The molecule has 0 aromatic heterocycles. The van der Waals surface area contributed by atoms with Crippen LogP contribution in [0, 0.1) is 0 Å². The van der Waals surface area contributed by atoms with Gasteiger partial charge in [0.05, 0.1) is 6.61 Å². The van der Waals surface area contributed by atoms with Crippen LogP contribution >= 0.6 is 0 Å². The lowest BCUT2D eigenvalue weighted by molar-refractivity contribution is 0.115. The van der Waals surface area contributed by atoms with E-state index in [1.807, 2.05) is 0 Å². The minimum atomic E-state index is -0.299. The highest BCUT2D eigenvalue weighted by Crippen LogP contribution is 2.22. The lowest BCUT2D eigenvalue weighted by atomic mass is 9.98. The predicted molar refractivity (Wildman–Crippen MR) is 112 cm³/mol. The number of ether oxygens (including phenoxy) is 1. The fraction of sp³-hybridized carbons (Fsp3) is 0.458. The van der Waals surface area contributed by atoms with Crippen molar-refractivity contribution in [1.29, 1.82) is 0 Å². The molecule has 2 aromatic rings. The lowest BCUT2D eigenvalue weighted by Crippen LogP contribution is -2.42. The van der Waals surface area contributed by atoms with Gasteiger partial charge in [-0.15, -0.1) is 0 Å². The van der Waals surface area contributed by atoms with E-state index in [-0.39, 0.29) is 12.1 Å². The number of amides is 1. The van der Waals surface area contributed by atoms with Gasteiger partial charge in [-0.3, -0.25) is 0 Å². The molecule has 4 rings (SSSR count). The van der Waals surface area contributed by atoms with Gasteiger partial charge < -0.3 is 15.0 Å². The summed E-state index contributed by atoms with van der Waals surface area (Å²) in [7, 11) is 0. The van der Waals surface area contributed by atoms with Crippen molar-refractivity contribution in [3.8, 4) is 11.1 Å². The van der Waals surface area contributed by atoms with Gasteiger partial charge in [0.1, 0.15) is 0 Å². The number of nitrogens with zero attached hydrogens (tertiary/aromatic N) is 1. The average Bonchev–Trinajstić information content (AvgIpc) is 3.12. The van der Waals surface area contributed by atoms with Crippen molar-refractivity contribution in [3.05, 3.63) is 59.7 Å². The molecule has 2 fully saturated rings. The van der Waals surface area contributed by atoms with Crippen molar-refractivity contribution in [2.24, 2.45) is 0 Å². The van der Waals surface area contributed by atoms with Gasteiger partial charge in [-0.2, -0.15) is 0 Å². The summed E-state index contributed by atoms with van der Waals surface area (Å²) in [6.07, 6.45) is 5.23. The second-order valence-corrected chi connectivity index (χ2v) is 8.14. The number of cyclic esters (lactones) is 1. The predicted octanol–water partition coefficient (Wildman–Crippen LogP) is 4.42. The molecule has 28 heavy (non-hydrogen) atoms. The molecule has 148 valence electrons. The zero-order valence-electron chi connectivity index (χ0n) is 16.7. The van der Waals surface area contributed by atoms with E-state index in [0.29, 0.717) is 6.61 Å². The van der Waals surface area contributed by atoms with Gasteiger partial charge in [-0.1, -0.05) is 48.5 Å². The molecule has 4 heteroatoms. The van der Waals surface area contributed by atoms with Crippen LogP contribution in [0.2, 0.25) is 0 Å². The molecule has 0 aliphatic carbocycles. The van der Waals surface area contributed by atoms with E-state index in [2.05, 4.69) is 65.7 Å². The van der Waals surface area contributed by atoms with Crippen LogP contribution in [0.4, 0.5) is 4.79 Å². The summed E-state index contributed by atoms with van der Waals surface area (Å²) < 4.78 is 4.93. The van der Waals surface area contributed by atoms with Crippen molar-refractivity contribution < 1.29 is 9.53 Å². The van der Waals surface area contributed by atoms with E-state index in [4.69, 9.17) is 4.74 Å². The Morgan fingerprint density at radius 2 is 1.68 bits per heavy atom. The fourth-order valence-electron chi connectivity index (χ4n) is 4.31. The van der Waals surface area contributed by atoms with E-state index >= 15 is 0 Å².